The number of aliphatic hydroxyl groups is 1. The molecule has 1 rings (SSSR count). The Morgan fingerprint density at radius 3 is 2.88 bits per heavy atom. The molecule has 0 saturated heterocycles. The molecule has 1 aromatic rings. The number of rotatable bonds is 7. The Morgan fingerprint density at radius 1 is 1.47 bits per heavy atom. The molecule has 0 aliphatic rings. The normalized spacial score (nSPS) is 12.2. The minimum Gasteiger partial charge on any atom is -0.476 e. The molecule has 1 atom stereocenters. The van der Waals surface area contributed by atoms with E-state index >= 15 is 0 Å². The van der Waals surface area contributed by atoms with Crippen molar-refractivity contribution in [3.63, 3.8) is 0 Å². The van der Waals surface area contributed by atoms with Gasteiger partial charge in [-0.2, -0.15) is 4.98 Å². The molecule has 0 spiro atoms. The van der Waals surface area contributed by atoms with Gasteiger partial charge in [0.15, 0.2) is 0 Å². The minimum absolute atomic E-state index is 0.366. The van der Waals surface area contributed by atoms with Crippen LogP contribution in [-0.4, -0.2) is 29.3 Å². The first kappa shape index (κ1) is 13.6. The van der Waals surface area contributed by atoms with Gasteiger partial charge in [0.1, 0.15) is 5.82 Å². The second kappa shape index (κ2) is 6.96. The Balaban J connectivity index is 2.61. The summed E-state index contributed by atoms with van der Waals surface area (Å²) in [7, 11) is 0. The van der Waals surface area contributed by atoms with Crippen molar-refractivity contribution in [3.05, 3.63) is 12.1 Å². The van der Waals surface area contributed by atoms with E-state index in [9.17, 15) is 5.11 Å². The van der Waals surface area contributed by atoms with E-state index < -0.39 is 0 Å². The molecular weight excluding hydrogens is 218 g/mol. The van der Waals surface area contributed by atoms with Crippen LogP contribution in [0.25, 0.3) is 0 Å². The van der Waals surface area contributed by atoms with Crippen molar-refractivity contribution in [2.24, 2.45) is 0 Å². The van der Waals surface area contributed by atoms with Gasteiger partial charge in [-0.15, -0.1) is 0 Å². The highest BCUT2D eigenvalue weighted by molar-refractivity contribution is 5.53. The minimum atomic E-state index is -0.366. The second-order valence-corrected chi connectivity index (χ2v) is 3.88. The molecular formula is C12H21N3O2. The SMILES string of the molecule is CCCOc1nc(NCC(O)CC)ccc1N. The van der Waals surface area contributed by atoms with Gasteiger partial charge in [-0.3, -0.25) is 0 Å². The highest BCUT2D eigenvalue weighted by Gasteiger charge is 2.05. The lowest BCUT2D eigenvalue weighted by Crippen LogP contribution is -2.19. The Morgan fingerprint density at radius 2 is 2.24 bits per heavy atom. The average molecular weight is 239 g/mol. The van der Waals surface area contributed by atoms with Gasteiger partial charge < -0.3 is 20.9 Å². The number of hydrogen-bond donors (Lipinski definition) is 3. The summed E-state index contributed by atoms with van der Waals surface area (Å²) in [6.07, 6.45) is 1.25. The van der Waals surface area contributed by atoms with E-state index in [1.165, 1.54) is 0 Å². The first-order valence-electron chi connectivity index (χ1n) is 5.98. The van der Waals surface area contributed by atoms with E-state index in [1.807, 2.05) is 13.8 Å². The average Bonchev–Trinajstić information content (AvgIpc) is 2.35. The van der Waals surface area contributed by atoms with E-state index in [0.717, 1.165) is 6.42 Å². The van der Waals surface area contributed by atoms with Crippen molar-refractivity contribution in [1.29, 1.82) is 0 Å². The number of ether oxygens (including phenoxy) is 1. The fourth-order valence-electron chi connectivity index (χ4n) is 1.23. The lowest BCUT2D eigenvalue weighted by molar-refractivity contribution is 0.183. The summed E-state index contributed by atoms with van der Waals surface area (Å²) in [6.45, 7) is 5.02. The Labute approximate surface area is 102 Å². The van der Waals surface area contributed by atoms with Gasteiger partial charge in [-0.25, -0.2) is 0 Å². The summed E-state index contributed by atoms with van der Waals surface area (Å²) in [5, 5.41) is 12.5. The van der Waals surface area contributed by atoms with E-state index in [2.05, 4.69) is 10.3 Å². The molecule has 0 aliphatic heterocycles. The zero-order valence-electron chi connectivity index (χ0n) is 10.4. The van der Waals surface area contributed by atoms with Gasteiger partial charge in [0.25, 0.3) is 0 Å². The molecule has 0 fully saturated rings. The Hall–Kier alpha value is -1.49. The maximum atomic E-state index is 9.44. The molecule has 0 aliphatic carbocycles. The zero-order valence-corrected chi connectivity index (χ0v) is 10.4. The number of nitrogens with one attached hydrogen (secondary N) is 1. The molecule has 17 heavy (non-hydrogen) atoms. The van der Waals surface area contributed by atoms with Crippen molar-refractivity contribution >= 4 is 11.5 Å². The van der Waals surface area contributed by atoms with Gasteiger partial charge in [0.05, 0.1) is 18.4 Å². The monoisotopic (exact) mass is 239 g/mol. The molecule has 0 bridgehead atoms. The van der Waals surface area contributed by atoms with Crippen LogP contribution in [0.5, 0.6) is 5.88 Å². The van der Waals surface area contributed by atoms with Gasteiger partial charge in [0.2, 0.25) is 5.88 Å². The molecule has 1 heterocycles. The standard InChI is InChI=1S/C12H21N3O2/c1-3-7-17-12-10(13)5-6-11(15-12)14-8-9(16)4-2/h5-6,9,16H,3-4,7-8,13H2,1-2H3,(H,14,15). The maximum absolute atomic E-state index is 9.44. The number of anilines is 2. The van der Waals surface area contributed by atoms with Gasteiger partial charge in [0, 0.05) is 6.54 Å². The van der Waals surface area contributed by atoms with Crippen LogP contribution in [0.4, 0.5) is 11.5 Å². The van der Waals surface area contributed by atoms with Crippen LogP contribution in [-0.2, 0) is 0 Å². The summed E-state index contributed by atoms with van der Waals surface area (Å²) in [6, 6.07) is 3.52. The van der Waals surface area contributed by atoms with Crippen LogP contribution in [0.2, 0.25) is 0 Å². The van der Waals surface area contributed by atoms with E-state index in [4.69, 9.17) is 10.5 Å². The fourth-order valence-corrected chi connectivity index (χ4v) is 1.23. The highest BCUT2D eigenvalue weighted by atomic mass is 16.5. The van der Waals surface area contributed by atoms with E-state index in [0.29, 0.717) is 37.0 Å². The molecule has 96 valence electrons. The van der Waals surface area contributed by atoms with Crippen molar-refractivity contribution in [1.82, 2.24) is 4.98 Å². The second-order valence-electron chi connectivity index (χ2n) is 3.88. The number of aliphatic hydroxyl groups excluding tert-OH is 1. The molecule has 1 unspecified atom stereocenters. The molecule has 0 amide bonds. The third-order valence-electron chi connectivity index (χ3n) is 2.32. The highest BCUT2D eigenvalue weighted by Crippen LogP contribution is 2.20. The topological polar surface area (TPSA) is 80.4 Å². The number of nitrogens with two attached hydrogens (primary N) is 1. The van der Waals surface area contributed by atoms with Crippen LogP contribution in [0.1, 0.15) is 26.7 Å². The van der Waals surface area contributed by atoms with Crippen molar-refractivity contribution in [2.75, 3.05) is 24.2 Å². The first-order chi connectivity index (χ1) is 8.17. The zero-order chi connectivity index (χ0) is 12.7. The van der Waals surface area contributed by atoms with Crippen LogP contribution in [0, 0.1) is 0 Å². The molecule has 0 radical (unpaired) electrons. The van der Waals surface area contributed by atoms with Crippen LogP contribution >= 0.6 is 0 Å². The third kappa shape index (κ3) is 4.48. The number of pyridine rings is 1. The first-order valence-corrected chi connectivity index (χ1v) is 5.98. The van der Waals surface area contributed by atoms with Gasteiger partial charge in [-0.1, -0.05) is 13.8 Å². The number of aromatic nitrogens is 1. The van der Waals surface area contributed by atoms with Gasteiger partial charge >= 0.3 is 0 Å². The van der Waals surface area contributed by atoms with Crippen LogP contribution in [0.15, 0.2) is 12.1 Å². The van der Waals surface area contributed by atoms with Gasteiger partial charge in [-0.05, 0) is 25.0 Å². The number of hydrogen-bond acceptors (Lipinski definition) is 5. The lowest BCUT2D eigenvalue weighted by Gasteiger charge is -2.12. The largest absolute Gasteiger partial charge is 0.476 e. The lowest BCUT2D eigenvalue weighted by atomic mass is 10.3. The Kier molecular flexibility index (Phi) is 5.56. The molecule has 4 N–H and O–H groups in total. The Bertz CT molecular complexity index is 345. The smallest absolute Gasteiger partial charge is 0.239 e. The van der Waals surface area contributed by atoms with E-state index in [1.54, 1.807) is 12.1 Å². The maximum Gasteiger partial charge on any atom is 0.239 e. The van der Waals surface area contributed by atoms with E-state index in [-0.39, 0.29) is 6.10 Å². The molecule has 1 aromatic heterocycles. The summed E-state index contributed by atoms with van der Waals surface area (Å²) >= 11 is 0. The molecule has 0 saturated carbocycles. The van der Waals surface area contributed by atoms with Crippen molar-refractivity contribution in [2.45, 2.75) is 32.8 Å². The third-order valence-corrected chi connectivity index (χ3v) is 2.32. The van der Waals surface area contributed by atoms with Crippen molar-refractivity contribution in [3.8, 4) is 5.88 Å². The number of nitrogen functional groups attached to an aromatic ring is 1. The predicted octanol–water partition coefficient (Wildman–Crippen LogP) is 1.64. The summed E-state index contributed by atoms with van der Waals surface area (Å²) < 4.78 is 5.42. The summed E-state index contributed by atoms with van der Waals surface area (Å²) in [5.74, 6) is 1.11. The quantitative estimate of drug-likeness (QED) is 0.674. The predicted molar refractivity (Wildman–Crippen MR) is 69.2 cm³/mol. The molecule has 5 nitrogen and oxygen atoms in total. The molecule has 0 aromatic carbocycles. The van der Waals surface area contributed by atoms with Crippen LogP contribution in [0.3, 0.4) is 0 Å². The van der Waals surface area contributed by atoms with Crippen LogP contribution < -0.4 is 15.8 Å². The summed E-state index contributed by atoms with van der Waals surface area (Å²) in [4.78, 5) is 4.25. The number of nitrogens with zero attached hydrogens (tertiary/aromatic N) is 1. The van der Waals surface area contributed by atoms with Crippen molar-refractivity contribution < 1.29 is 9.84 Å². The summed E-state index contributed by atoms with van der Waals surface area (Å²) in [5.41, 5.74) is 6.28. The molecule has 5 heteroatoms. The fraction of sp³-hybridized carbons (Fsp3) is 0.583.